The zero-order valence-corrected chi connectivity index (χ0v) is 23.6. The number of nitrogens with one attached hydrogen (secondary N) is 1. The average Bonchev–Trinajstić information content (AvgIpc) is 2.65. The first-order chi connectivity index (χ1) is 15.3. The summed E-state index contributed by atoms with van der Waals surface area (Å²) in [5.41, 5.74) is -0.839. The van der Waals surface area contributed by atoms with Gasteiger partial charge in [0.05, 0.1) is 21.3 Å². The van der Waals surface area contributed by atoms with Gasteiger partial charge in [0, 0.05) is 12.6 Å². The lowest BCUT2D eigenvalue weighted by atomic mass is 9.83. The van der Waals surface area contributed by atoms with E-state index in [2.05, 4.69) is 32.1 Å². The van der Waals surface area contributed by atoms with Crippen molar-refractivity contribution in [3.8, 4) is 0 Å². The molecule has 0 aliphatic carbocycles. The van der Waals surface area contributed by atoms with E-state index >= 15 is 0 Å². The van der Waals surface area contributed by atoms with Crippen molar-refractivity contribution in [3.05, 3.63) is 48.3 Å². The highest BCUT2D eigenvalue weighted by Gasteiger charge is 2.39. The van der Waals surface area contributed by atoms with E-state index in [0.717, 1.165) is 5.56 Å². The molecular formula is C27H45FN2O3S. The number of ether oxygens (including phenoxy) is 1. The van der Waals surface area contributed by atoms with Crippen LogP contribution in [-0.4, -0.2) is 38.1 Å². The second-order valence-corrected chi connectivity index (χ2v) is 14.0. The van der Waals surface area contributed by atoms with E-state index in [0.29, 0.717) is 19.4 Å². The Kier molecular flexibility index (Phi) is 10.1. The lowest BCUT2D eigenvalue weighted by Gasteiger charge is -2.42. The molecule has 0 fully saturated rings. The second kappa shape index (κ2) is 11.3. The maximum atomic E-state index is 13.8. The van der Waals surface area contributed by atoms with Crippen LogP contribution in [0.2, 0.25) is 0 Å². The molecular weight excluding hydrogens is 451 g/mol. The zero-order valence-electron chi connectivity index (χ0n) is 22.8. The fourth-order valence-electron chi connectivity index (χ4n) is 3.40. The van der Waals surface area contributed by atoms with E-state index in [1.165, 1.54) is 12.1 Å². The Morgan fingerprint density at radius 3 is 2.06 bits per heavy atom. The Labute approximate surface area is 209 Å². The van der Waals surface area contributed by atoms with Crippen LogP contribution in [0.25, 0.3) is 0 Å². The fraction of sp³-hybridized carbons (Fsp3) is 0.667. The number of halogens is 1. The van der Waals surface area contributed by atoms with Crippen LogP contribution in [0.15, 0.2) is 36.9 Å². The molecule has 1 rings (SSSR count). The normalized spacial score (nSPS) is 16.3. The van der Waals surface area contributed by atoms with E-state index < -0.39 is 33.0 Å². The van der Waals surface area contributed by atoms with Crippen LogP contribution < -0.4 is 4.72 Å². The summed E-state index contributed by atoms with van der Waals surface area (Å²) < 4.78 is 35.5. The maximum absolute atomic E-state index is 13.8. The molecule has 0 aliphatic rings. The summed E-state index contributed by atoms with van der Waals surface area (Å²) in [6.45, 7) is 23.8. The van der Waals surface area contributed by atoms with E-state index in [1.54, 1.807) is 23.1 Å². The monoisotopic (exact) mass is 496 g/mol. The van der Waals surface area contributed by atoms with Gasteiger partial charge in [-0.3, -0.25) is 0 Å². The van der Waals surface area contributed by atoms with Crippen LogP contribution in [0.3, 0.4) is 0 Å². The van der Waals surface area contributed by atoms with Gasteiger partial charge in [0.25, 0.3) is 0 Å². The van der Waals surface area contributed by atoms with Gasteiger partial charge in [-0.2, -0.15) is 0 Å². The predicted octanol–water partition coefficient (Wildman–Crippen LogP) is 6.71. The molecule has 0 unspecified atom stereocenters. The van der Waals surface area contributed by atoms with E-state index in [1.807, 2.05) is 48.5 Å². The molecule has 0 saturated heterocycles. The third-order valence-electron chi connectivity index (χ3n) is 5.86. The van der Waals surface area contributed by atoms with Crippen LogP contribution in [0.5, 0.6) is 0 Å². The number of amides is 1. The van der Waals surface area contributed by atoms with Crippen LogP contribution in [0.1, 0.15) is 87.6 Å². The number of rotatable bonds is 9. The molecule has 1 aromatic carbocycles. The van der Waals surface area contributed by atoms with Gasteiger partial charge in [-0.1, -0.05) is 39.0 Å². The molecule has 0 aromatic heterocycles. The first kappa shape index (κ1) is 30.3. The Morgan fingerprint density at radius 2 is 1.65 bits per heavy atom. The Balaban J connectivity index is 3.49. The summed E-state index contributed by atoms with van der Waals surface area (Å²) in [6.07, 6.45) is 2.26. The van der Waals surface area contributed by atoms with Gasteiger partial charge in [-0.25, -0.2) is 18.1 Å². The fourth-order valence-corrected chi connectivity index (χ4v) is 4.37. The van der Waals surface area contributed by atoms with Gasteiger partial charge < -0.3 is 9.64 Å². The molecule has 194 valence electrons. The Bertz CT molecular complexity index is 851. The molecule has 0 heterocycles. The van der Waals surface area contributed by atoms with Gasteiger partial charge in [0.1, 0.15) is 11.4 Å². The minimum Gasteiger partial charge on any atom is -0.444 e. The van der Waals surface area contributed by atoms with E-state index in [4.69, 9.17) is 4.74 Å². The molecule has 5 nitrogen and oxygen atoms in total. The predicted molar refractivity (Wildman–Crippen MR) is 140 cm³/mol. The number of carbonyl (C=O) groups excluding carboxylic acids is 1. The van der Waals surface area contributed by atoms with E-state index in [9.17, 15) is 13.4 Å². The SMILES string of the molecule is C=CC[C@](CCN(C(=O)OC(C)(C)C)[C@@H](C)C(C)(C)C)(N[S@](=O)C(C)(C)C)c1ccc(F)cc1. The minimum atomic E-state index is -1.41. The summed E-state index contributed by atoms with van der Waals surface area (Å²) in [5, 5.41) is 0. The van der Waals surface area contributed by atoms with Gasteiger partial charge in [-0.15, -0.1) is 6.58 Å². The standard InChI is InChI=1S/C27H45FN2O3S/c1-12-17-27(29-34(32)26(9,10)11,21-13-15-22(28)16-14-21)18-19-30(20(2)24(3,4)5)23(31)33-25(6,7)8/h12-16,20,29H,1,17-19H2,2-11H3/t20-,27+,34+/m0/s1. The van der Waals surface area contributed by atoms with Crippen molar-refractivity contribution < 1.29 is 18.1 Å². The van der Waals surface area contributed by atoms with Crippen molar-refractivity contribution in [1.29, 1.82) is 0 Å². The van der Waals surface area contributed by atoms with Crippen molar-refractivity contribution in [2.24, 2.45) is 5.41 Å². The highest BCUT2D eigenvalue weighted by atomic mass is 32.2. The molecule has 0 spiro atoms. The summed E-state index contributed by atoms with van der Waals surface area (Å²) in [7, 11) is -1.41. The van der Waals surface area contributed by atoms with Crippen LogP contribution in [0, 0.1) is 11.2 Å². The lowest BCUT2D eigenvalue weighted by Crippen LogP contribution is -2.52. The Hall–Kier alpha value is -1.73. The quantitative estimate of drug-likeness (QED) is 0.387. The highest BCUT2D eigenvalue weighted by Crippen LogP contribution is 2.34. The van der Waals surface area contributed by atoms with Crippen molar-refractivity contribution in [2.45, 2.75) is 104 Å². The van der Waals surface area contributed by atoms with Gasteiger partial charge in [-0.05, 0) is 84.4 Å². The van der Waals surface area contributed by atoms with Gasteiger partial charge in [0.2, 0.25) is 0 Å². The molecule has 1 N–H and O–H groups in total. The minimum absolute atomic E-state index is 0.120. The Morgan fingerprint density at radius 1 is 1.12 bits per heavy atom. The van der Waals surface area contributed by atoms with Crippen molar-refractivity contribution in [1.82, 2.24) is 9.62 Å². The van der Waals surface area contributed by atoms with Crippen molar-refractivity contribution >= 4 is 17.1 Å². The summed E-state index contributed by atoms with van der Waals surface area (Å²) in [6, 6.07) is 6.09. The molecule has 3 atom stereocenters. The first-order valence-corrected chi connectivity index (χ1v) is 13.0. The first-order valence-electron chi connectivity index (χ1n) is 11.9. The summed E-state index contributed by atoms with van der Waals surface area (Å²) >= 11 is 0. The molecule has 1 aromatic rings. The second-order valence-electron chi connectivity index (χ2n) is 12.0. The van der Waals surface area contributed by atoms with Crippen LogP contribution in [0.4, 0.5) is 9.18 Å². The number of hydrogen-bond donors (Lipinski definition) is 1. The third-order valence-corrected chi connectivity index (χ3v) is 7.55. The maximum Gasteiger partial charge on any atom is 0.410 e. The van der Waals surface area contributed by atoms with Crippen molar-refractivity contribution in [3.63, 3.8) is 0 Å². The molecule has 0 aliphatic heterocycles. The number of carbonyl (C=O) groups is 1. The van der Waals surface area contributed by atoms with Crippen molar-refractivity contribution in [2.75, 3.05) is 6.54 Å². The summed E-state index contributed by atoms with van der Waals surface area (Å²) in [4.78, 5) is 15.0. The number of hydrogen-bond acceptors (Lipinski definition) is 3. The highest BCUT2D eigenvalue weighted by molar-refractivity contribution is 7.84. The number of nitrogens with zero attached hydrogens (tertiary/aromatic N) is 1. The molecule has 34 heavy (non-hydrogen) atoms. The topological polar surface area (TPSA) is 58.6 Å². The molecule has 0 bridgehead atoms. The smallest absolute Gasteiger partial charge is 0.410 e. The number of benzene rings is 1. The van der Waals surface area contributed by atoms with Crippen LogP contribution >= 0.6 is 0 Å². The largest absolute Gasteiger partial charge is 0.444 e. The molecule has 7 heteroatoms. The molecule has 0 radical (unpaired) electrons. The van der Waals surface area contributed by atoms with Gasteiger partial charge in [0.15, 0.2) is 0 Å². The summed E-state index contributed by atoms with van der Waals surface area (Å²) in [5.74, 6) is -0.343. The zero-order chi connectivity index (χ0) is 26.5. The average molecular weight is 497 g/mol. The van der Waals surface area contributed by atoms with E-state index in [-0.39, 0.29) is 17.3 Å². The lowest BCUT2D eigenvalue weighted by molar-refractivity contribution is 0.00310. The molecule has 0 saturated carbocycles. The molecule has 1 amide bonds. The van der Waals surface area contributed by atoms with Gasteiger partial charge >= 0.3 is 6.09 Å². The third kappa shape index (κ3) is 8.81. The van der Waals surface area contributed by atoms with Crippen LogP contribution in [-0.2, 0) is 21.3 Å².